The van der Waals surface area contributed by atoms with E-state index in [4.69, 9.17) is 0 Å². The van der Waals surface area contributed by atoms with Crippen LogP contribution >= 0.6 is 0 Å². The number of aryl methyl sites for hydroxylation is 1. The molecule has 1 amide bonds. The molecule has 0 saturated carbocycles. The van der Waals surface area contributed by atoms with Crippen LogP contribution in [-0.2, 0) is 6.54 Å². The molecule has 1 aromatic rings. The van der Waals surface area contributed by atoms with E-state index >= 15 is 0 Å². The number of amides is 1. The standard InChI is InChI=1S/C14H21N3O3/c1-3-7-17-13(19)5-4-12(15-17)14(20)16-8-6-11(9-16)10(2)18/h4-5,10-11,18H,3,6-9H2,1-2H3. The lowest BCUT2D eigenvalue weighted by atomic mass is 10.0. The van der Waals surface area contributed by atoms with Crippen LogP contribution in [0.15, 0.2) is 16.9 Å². The zero-order chi connectivity index (χ0) is 14.7. The molecule has 1 aromatic heterocycles. The lowest BCUT2D eigenvalue weighted by molar-refractivity contribution is 0.0754. The Morgan fingerprint density at radius 3 is 2.90 bits per heavy atom. The van der Waals surface area contributed by atoms with Crippen molar-refractivity contribution in [2.75, 3.05) is 13.1 Å². The molecule has 20 heavy (non-hydrogen) atoms. The lowest BCUT2D eigenvalue weighted by Crippen LogP contribution is -2.33. The van der Waals surface area contributed by atoms with Crippen molar-refractivity contribution in [1.29, 1.82) is 0 Å². The molecule has 110 valence electrons. The molecule has 1 saturated heterocycles. The summed E-state index contributed by atoms with van der Waals surface area (Å²) < 4.78 is 1.33. The fourth-order valence-electron chi connectivity index (χ4n) is 2.46. The van der Waals surface area contributed by atoms with Crippen LogP contribution in [0.2, 0.25) is 0 Å². The molecule has 1 N–H and O–H groups in total. The number of aliphatic hydroxyl groups is 1. The van der Waals surface area contributed by atoms with Gasteiger partial charge >= 0.3 is 0 Å². The molecule has 2 heterocycles. The van der Waals surface area contributed by atoms with Crippen molar-refractivity contribution in [3.8, 4) is 0 Å². The van der Waals surface area contributed by atoms with Crippen molar-refractivity contribution in [2.45, 2.75) is 39.3 Å². The highest BCUT2D eigenvalue weighted by atomic mass is 16.3. The van der Waals surface area contributed by atoms with E-state index in [1.54, 1.807) is 11.8 Å². The summed E-state index contributed by atoms with van der Waals surface area (Å²) >= 11 is 0. The third-order valence-corrected chi connectivity index (χ3v) is 3.72. The summed E-state index contributed by atoms with van der Waals surface area (Å²) in [6.45, 7) is 5.39. The fraction of sp³-hybridized carbons (Fsp3) is 0.643. The van der Waals surface area contributed by atoms with Crippen molar-refractivity contribution >= 4 is 5.91 Å². The van der Waals surface area contributed by atoms with Gasteiger partial charge in [-0.1, -0.05) is 6.92 Å². The van der Waals surface area contributed by atoms with Crippen molar-refractivity contribution in [3.05, 3.63) is 28.2 Å². The largest absolute Gasteiger partial charge is 0.393 e. The second-order valence-electron chi connectivity index (χ2n) is 5.32. The number of nitrogens with zero attached hydrogens (tertiary/aromatic N) is 3. The van der Waals surface area contributed by atoms with E-state index < -0.39 is 6.10 Å². The molecule has 1 fully saturated rings. The van der Waals surface area contributed by atoms with Gasteiger partial charge in [0, 0.05) is 31.6 Å². The maximum Gasteiger partial charge on any atom is 0.274 e. The Labute approximate surface area is 118 Å². The first-order chi connectivity index (χ1) is 9.52. The average molecular weight is 279 g/mol. The van der Waals surface area contributed by atoms with Crippen molar-refractivity contribution in [1.82, 2.24) is 14.7 Å². The second-order valence-corrected chi connectivity index (χ2v) is 5.32. The van der Waals surface area contributed by atoms with Crippen molar-refractivity contribution in [2.24, 2.45) is 5.92 Å². The topological polar surface area (TPSA) is 75.4 Å². The molecule has 1 aliphatic heterocycles. The van der Waals surface area contributed by atoms with Gasteiger partial charge < -0.3 is 10.0 Å². The van der Waals surface area contributed by atoms with Crippen LogP contribution in [0.4, 0.5) is 0 Å². The first kappa shape index (κ1) is 14.7. The van der Waals surface area contributed by atoms with Gasteiger partial charge in [-0.2, -0.15) is 5.10 Å². The fourth-order valence-corrected chi connectivity index (χ4v) is 2.46. The summed E-state index contributed by atoms with van der Waals surface area (Å²) in [5, 5.41) is 13.7. The minimum absolute atomic E-state index is 0.125. The van der Waals surface area contributed by atoms with Gasteiger partial charge in [0.25, 0.3) is 11.5 Å². The Hall–Kier alpha value is -1.69. The molecule has 1 aliphatic rings. The van der Waals surface area contributed by atoms with Crippen LogP contribution in [-0.4, -0.2) is 44.9 Å². The van der Waals surface area contributed by atoms with Gasteiger partial charge in [0.1, 0.15) is 5.69 Å². The van der Waals surface area contributed by atoms with Crippen LogP contribution in [0.3, 0.4) is 0 Å². The van der Waals surface area contributed by atoms with Gasteiger partial charge in [0.2, 0.25) is 0 Å². The lowest BCUT2D eigenvalue weighted by Gasteiger charge is -2.17. The van der Waals surface area contributed by atoms with Crippen LogP contribution in [0.5, 0.6) is 0 Å². The molecule has 0 bridgehead atoms. The molecular formula is C14H21N3O3. The van der Waals surface area contributed by atoms with E-state index in [1.165, 1.54) is 16.8 Å². The van der Waals surface area contributed by atoms with Crippen molar-refractivity contribution < 1.29 is 9.90 Å². The summed E-state index contributed by atoms with van der Waals surface area (Å²) in [5.41, 5.74) is 0.107. The predicted molar refractivity (Wildman–Crippen MR) is 74.5 cm³/mol. The Balaban J connectivity index is 2.14. The van der Waals surface area contributed by atoms with Crippen molar-refractivity contribution in [3.63, 3.8) is 0 Å². The molecule has 2 unspecified atom stereocenters. The first-order valence-corrected chi connectivity index (χ1v) is 7.08. The van der Waals surface area contributed by atoms with E-state index in [-0.39, 0.29) is 17.4 Å². The zero-order valence-electron chi connectivity index (χ0n) is 12.0. The molecule has 0 aromatic carbocycles. The maximum absolute atomic E-state index is 12.3. The Morgan fingerprint density at radius 2 is 2.30 bits per heavy atom. The van der Waals surface area contributed by atoms with E-state index in [2.05, 4.69) is 5.10 Å². The molecule has 0 radical (unpaired) electrons. The Morgan fingerprint density at radius 1 is 1.55 bits per heavy atom. The van der Waals surface area contributed by atoms with E-state index in [0.29, 0.717) is 25.3 Å². The highest BCUT2D eigenvalue weighted by Gasteiger charge is 2.30. The summed E-state index contributed by atoms with van der Waals surface area (Å²) in [7, 11) is 0. The van der Waals surface area contributed by atoms with E-state index in [0.717, 1.165) is 12.8 Å². The number of carbonyl (C=O) groups excluding carboxylic acids is 1. The van der Waals surface area contributed by atoms with Gasteiger partial charge in [0.05, 0.1) is 6.10 Å². The van der Waals surface area contributed by atoms with Crippen LogP contribution in [0, 0.1) is 5.92 Å². The molecule has 0 aliphatic carbocycles. The number of rotatable bonds is 4. The summed E-state index contributed by atoms with van der Waals surface area (Å²) in [4.78, 5) is 25.6. The van der Waals surface area contributed by atoms with Gasteiger partial charge in [-0.25, -0.2) is 4.68 Å². The number of hydrogen-bond acceptors (Lipinski definition) is 4. The smallest absolute Gasteiger partial charge is 0.274 e. The van der Waals surface area contributed by atoms with E-state index in [1.807, 2.05) is 6.92 Å². The normalized spacial score (nSPS) is 20.1. The number of likely N-dealkylation sites (tertiary alicyclic amines) is 1. The quantitative estimate of drug-likeness (QED) is 0.870. The predicted octanol–water partition coefficient (Wildman–Crippen LogP) is 0.496. The average Bonchev–Trinajstić information content (AvgIpc) is 2.90. The molecular weight excluding hydrogens is 258 g/mol. The monoisotopic (exact) mass is 279 g/mol. The highest BCUT2D eigenvalue weighted by molar-refractivity contribution is 5.92. The van der Waals surface area contributed by atoms with Gasteiger partial charge in [-0.05, 0) is 25.8 Å². The maximum atomic E-state index is 12.3. The molecule has 2 rings (SSSR count). The summed E-state index contributed by atoms with van der Waals surface area (Å²) in [6, 6.07) is 2.87. The molecule has 0 spiro atoms. The number of carbonyl (C=O) groups is 1. The minimum Gasteiger partial charge on any atom is -0.393 e. The molecule has 6 heteroatoms. The number of hydrogen-bond donors (Lipinski definition) is 1. The van der Waals surface area contributed by atoms with E-state index in [9.17, 15) is 14.7 Å². The number of aromatic nitrogens is 2. The second kappa shape index (κ2) is 6.17. The highest BCUT2D eigenvalue weighted by Crippen LogP contribution is 2.20. The molecule has 6 nitrogen and oxygen atoms in total. The summed E-state index contributed by atoms with van der Waals surface area (Å²) in [5.74, 6) is -0.0431. The van der Waals surface area contributed by atoms with Crippen LogP contribution < -0.4 is 5.56 Å². The Bertz CT molecular complexity index is 539. The number of aliphatic hydroxyl groups excluding tert-OH is 1. The van der Waals surface area contributed by atoms with Gasteiger partial charge in [0.15, 0.2) is 0 Å². The van der Waals surface area contributed by atoms with Crippen LogP contribution in [0.1, 0.15) is 37.2 Å². The molecule has 2 atom stereocenters. The first-order valence-electron chi connectivity index (χ1n) is 7.08. The third kappa shape index (κ3) is 3.07. The minimum atomic E-state index is -0.408. The zero-order valence-corrected chi connectivity index (χ0v) is 12.0. The third-order valence-electron chi connectivity index (χ3n) is 3.72. The van der Waals surface area contributed by atoms with Gasteiger partial charge in [-0.15, -0.1) is 0 Å². The van der Waals surface area contributed by atoms with Gasteiger partial charge in [-0.3, -0.25) is 9.59 Å². The van der Waals surface area contributed by atoms with Crippen LogP contribution in [0.25, 0.3) is 0 Å². The summed E-state index contributed by atoms with van der Waals surface area (Å²) in [6.07, 6.45) is 1.19. The Kier molecular flexibility index (Phi) is 4.54. The SMILES string of the molecule is CCCn1nc(C(=O)N2CCC(C(C)O)C2)ccc1=O.